The second-order valence-corrected chi connectivity index (χ2v) is 6.81. The van der Waals surface area contributed by atoms with Gasteiger partial charge in [0.15, 0.2) is 18.1 Å². The summed E-state index contributed by atoms with van der Waals surface area (Å²) < 4.78 is 1.49. The maximum Gasteiger partial charge on any atom is 0.437 e. The minimum atomic E-state index is -1.24. The van der Waals surface area contributed by atoms with Crippen molar-refractivity contribution < 1.29 is 19.6 Å². The fraction of sp³-hybridized carbons (Fsp3) is 0.333. The van der Waals surface area contributed by atoms with Crippen LogP contribution in [0.5, 0.6) is 0 Å². The van der Waals surface area contributed by atoms with Gasteiger partial charge in [-0.2, -0.15) is 0 Å². The van der Waals surface area contributed by atoms with Crippen LogP contribution < -0.4 is 5.06 Å². The normalized spacial score (nSPS) is 11.4. The number of unbranched alkanes of at least 4 members (excludes halogenated alkanes) is 2. The largest absolute Gasteiger partial charge is 0.463 e. The van der Waals surface area contributed by atoms with Gasteiger partial charge in [0.1, 0.15) is 0 Å². The Balaban J connectivity index is 1.73. The summed E-state index contributed by atoms with van der Waals surface area (Å²) in [4.78, 5) is 26.8. The highest BCUT2D eigenvalue weighted by Crippen LogP contribution is 2.15. The molecule has 0 aliphatic carbocycles. The predicted molar refractivity (Wildman–Crippen MR) is 116 cm³/mol. The topological polar surface area (TPSA) is 128 Å². The first-order valence-electron chi connectivity index (χ1n) is 10.2. The average Bonchev–Trinajstić information content (AvgIpc) is 3.22. The molecule has 1 aromatic carbocycles. The van der Waals surface area contributed by atoms with Crippen molar-refractivity contribution in [1.82, 2.24) is 25.2 Å². The Morgan fingerprint density at radius 3 is 2.66 bits per heavy atom. The highest BCUT2D eigenvalue weighted by atomic mass is 16.7. The Morgan fingerprint density at radius 2 is 1.97 bits per heavy atom. The number of carboxylic acid groups (broad SMARTS) is 1. The first kappa shape index (κ1) is 22.8. The smallest absolute Gasteiger partial charge is 0.437 e. The Labute approximate surface area is 185 Å². The summed E-state index contributed by atoms with van der Waals surface area (Å²) in [6.07, 6.45) is 1.48. The predicted octanol–water partition coefficient (Wildman–Crippen LogP) is 3.18. The number of hydroxylamine groups is 1. The molecule has 0 unspecified atom stereocenters. The molecule has 3 rings (SSSR count). The van der Waals surface area contributed by atoms with E-state index in [0.29, 0.717) is 23.8 Å². The lowest BCUT2D eigenvalue weighted by Crippen LogP contribution is -2.30. The second-order valence-electron chi connectivity index (χ2n) is 6.81. The molecular formula is C21H25N7O4. The number of rotatable bonds is 11. The molecule has 0 spiro atoms. The van der Waals surface area contributed by atoms with E-state index in [0.717, 1.165) is 29.9 Å². The molecule has 0 atom stereocenters. The molecule has 0 radical (unpaired) electrons. The molecule has 11 heteroatoms. The zero-order valence-electron chi connectivity index (χ0n) is 18.0. The van der Waals surface area contributed by atoms with Gasteiger partial charge in [0, 0.05) is 12.6 Å². The number of nitrogens with zero attached hydrogens (tertiary/aromatic N) is 7. The van der Waals surface area contributed by atoms with Crippen molar-refractivity contribution in [2.75, 3.05) is 11.7 Å². The summed E-state index contributed by atoms with van der Waals surface area (Å²) in [6, 6.07) is 14.3. The lowest BCUT2D eigenvalue weighted by molar-refractivity contribution is 0.0905. The molecular weight excluding hydrogens is 414 g/mol. The molecule has 0 saturated carbocycles. The number of oxime groups is 1. The SMILES string of the molecule is CCCCCON(C(=O)O)c1cccc(CON=C(c2ccccc2)c2nnnn2C)n1. The van der Waals surface area contributed by atoms with Gasteiger partial charge in [-0.15, -0.1) is 10.2 Å². The Morgan fingerprint density at radius 1 is 1.16 bits per heavy atom. The fourth-order valence-corrected chi connectivity index (χ4v) is 2.80. The molecule has 0 aliphatic rings. The summed E-state index contributed by atoms with van der Waals surface area (Å²) in [7, 11) is 1.71. The van der Waals surface area contributed by atoms with E-state index in [1.54, 1.807) is 25.2 Å². The zero-order valence-corrected chi connectivity index (χ0v) is 18.0. The molecule has 0 aliphatic heterocycles. The molecule has 0 fully saturated rings. The molecule has 2 heterocycles. The van der Waals surface area contributed by atoms with Crippen LogP contribution in [0.15, 0.2) is 53.7 Å². The number of hydrogen-bond donors (Lipinski definition) is 1. The van der Waals surface area contributed by atoms with Gasteiger partial charge in [0.25, 0.3) is 0 Å². The number of aryl methyl sites for hydroxylation is 1. The van der Waals surface area contributed by atoms with Crippen molar-refractivity contribution in [1.29, 1.82) is 0 Å². The van der Waals surface area contributed by atoms with Crippen LogP contribution in [0, 0.1) is 0 Å². The number of amides is 1. The van der Waals surface area contributed by atoms with Crippen molar-refractivity contribution in [3.8, 4) is 0 Å². The number of benzene rings is 1. The first-order chi connectivity index (χ1) is 15.6. The Kier molecular flexibility index (Phi) is 8.21. The lowest BCUT2D eigenvalue weighted by Gasteiger charge is -2.17. The number of hydrogen-bond acceptors (Lipinski definition) is 8. The van der Waals surface area contributed by atoms with Crippen molar-refractivity contribution >= 4 is 17.6 Å². The number of carbonyl (C=O) groups is 1. The number of pyridine rings is 1. The Bertz CT molecular complexity index is 1040. The van der Waals surface area contributed by atoms with Crippen molar-refractivity contribution in [3.63, 3.8) is 0 Å². The van der Waals surface area contributed by atoms with Crippen LogP contribution in [-0.4, -0.2) is 48.7 Å². The minimum absolute atomic E-state index is 0.0126. The molecule has 11 nitrogen and oxygen atoms in total. The van der Waals surface area contributed by atoms with Gasteiger partial charge in [-0.05, 0) is 29.0 Å². The van der Waals surface area contributed by atoms with Crippen LogP contribution in [0.3, 0.4) is 0 Å². The van der Waals surface area contributed by atoms with E-state index in [9.17, 15) is 9.90 Å². The van der Waals surface area contributed by atoms with Gasteiger partial charge in [-0.25, -0.2) is 14.5 Å². The van der Waals surface area contributed by atoms with Crippen LogP contribution in [0.2, 0.25) is 0 Å². The standard InChI is InChI=1S/C21H25N7O4/c1-3-4-8-14-32-28(21(29)30)18-13-9-12-17(22-18)15-31-24-19(16-10-6-5-7-11-16)20-23-25-26-27(20)2/h5-7,9-13H,3-4,8,14-15H2,1-2H3,(H,29,30). The fourth-order valence-electron chi connectivity index (χ4n) is 2.80. The maximum atomic E-state index is 11.6. The molecule has 0 bridgehead atoms. The third kappa shape index (κ3) is 6.08. The number of tetrazole rings is 1. The molecule has 168 valence electrons. The zero-order chi connectivity index (χ0) is 22.8. The van der Waals surface area contributed by atoms with E-state index in [4.69, 9.17) is 9.68 Å². The summed E-state index contributed by atoms with van der Waals surface area (Å²) in [6.45, 7) is 2.37. The molecule has 0 saturated heterocycles. The molecule has 1 N–H and O–H groups in total. The Hall–Kier alpha value is -3.86. The molecule has 2 aromatic heterocycles. The van der Waals surface area contributed by atoms with Crippen molar-refractivity contribution in [2.45, 2.75) is 32.8 Å². The highest BCUT2D eigenvalue weighted by molar-refractivity contribution is 6.10. The second kappa shape index (κ2) is 11.5. The lowest BCUT2D eigenvalue weighted by atomic mass is 10.1. The van der Waals surface area contributed by atoms with Crippen LogP contribution in [-0.2, 0) is 23.3 Å². The van der Waals surface area contributed by atoms with Crippen molar-refractivity contribution in [2.24, 2.45) is 12.2 Å². The van der Waals surface area contributed by atoms with Crippen LogP contribution in [0.4, 0.5) is 10.6 Å². The minimum Gasteiger partial charge on any atom is -0.463 e. The number of aromatic nitrogens is 5. The van der Waals surface area contributed by atoms with Gasteiger partial charge in [-0.3, -0.25) is 4.84 Å². The first-order valence-corrected chi connectivity index (χ1v) is 10.2. The highest BCUT2D eigenvalue weighted by Gasteiger charge is 2.18. The molecule has 1 amide bonds. The van der Waals surface area contributed by atoms with Gasteiger partial charge >= 0.3 is 6.09 Å². The quantitative estimate of drug-likeness (QED) is 0.274. The summed E-state index contributed by atoms with van der Waals surface area (Å²) in [5.74, 6) is 0.593. The van der Waals surface area contributed by atoms with Gasteiger partial charge in [0.2, 0.25) is 5.82 Å². The van der Waals surface area contributed by atoms with E-state index in [2.05, 4.69) is 32.6 Å². The monoisotopic (exact) mass is 439 g/mol. The maximum absolute atomic E-state index is 11.6. The summed E-state index contributed by atoms with van der Waals surface area (Å²) in [5, 5.41) is 26.0. The van der Waals surface area contributed by atoms with Crippen LogP contribution >= 0.6 is 0 Å². The third-order valence-electron chi connectivity index (χ3n) is 4.39. The van der Waals surface area contributed by atoms with E-state index in [1.165, 1.54) is 4.68 Å². The van der Waals surface area contributed by atoms with E-state index in [-0.39, 0.29) is 12.4 Å². The van der Waals surface area contributed by atoms with Crippen LogP contribution in [0.25, 0.3) is 0 Å². The molecule has 32 heavy (non-hydrogen) atoms. The molecule has 3 aromatic rings. The van der Waals surface area contributed by atoms with Crippen LogP contribution in [0.1, 0.15) is 43.3 Å². The van der Waals surface area contributed by atoms with Gasteiger partial charge < -0.3 is 9.94 Å². The average molecular weight is 439 g/mol. The van der Waals surface area contributed by atoms with E-state index >= 15 is 0 Å². The number of anilines is 1. The summed E-state index contributed by atoms with van der Waals surface area (Å²) in [5.41, 5.74) is 1.73. The summed E-state index contributed by atoms with van der Waals surface area (Å²) >= 11 is 0. The van der Waals surface area contributed by atoms with Gasteiger partial charge in [-0.1, -0.05) is 61.3 Å². The third-order valence-corrected chi connectivity index (χ3v) is 4.39. The van der Waals surface area contributed by atoms with Crippen molar-refractivity contribution in [3.05, 3.63) is 65.6 Å². The van der Waals surface area contributed by atoms with E-state index in [1.807, 2.05) is 30.3 Å². The van der Waals surface area contributed by atoms with E-state index < -0.39 is 6.09 Å². The van der Waals surface area contributed by atoms with Gasteiger partial charge in [0.05, 0.1) is 12.3 Å².